The number of hydrogen-bond acceptors (Lipinski definition) is 2. The number of halogens is 2. The Bertz CT molecular complexity index is 803. The summed E-state index contributed by atoms with van der Waals surface area (Å²) in [5.74, 6) is -0.356. The first kappa shape index (κ1) is 21.3. The van der Waals surface area contributed by atoms with Crippen LogP contribution in [-0.4, -0.2) is 29.8 Å². The number of carbonyl (C=O) groups excluding carboxylic acids is 2. The molecular formula is C21H24Cl2N2O2. The molecule has 27 heavy (non-hydrogen) atoms. The molecule has 0 fully saturated rings. The lowest BCUT2D eigenvalue weighted by Crippen LogP contribution is -2.48. The number of likely N-dealkylation sites (N-methyl/N-ethyl adjacent to an activating group) is 1. The van der Waals surface area contributed by atoms with Crippen molar-refractivity contribution in [2.75, 3.05) is 7.05 Å². The molecule has 0 spiro atoms. The molecule has 0 aliphatic heterocycles. The Balaban J connectivity index is 2.36. The van der Waals surface area contributed by atoms with Gasteiger partial charge in [0.1, 0.15) is 6.04 Å². The monoisotopic (exact) mass is 406 g/mol. The zero-order valence-corrected chi connectivity index (χ0v) is 17.3. The molecule has 2 aromatic rings. The van der Waals surface area contributed by atoms with Crippen LogP contribution in [0.1, 0.15) is 30.0 Å². The number of benzene rings is 2. The van der Waals surface area contributed by atoms with Crippen LogP contribution in [0.15, 0.2) is 42.5 Å². The van der Waals surface area contributed by atoms with Gasteiger partial charge in [0.25, 0.3) is 0 Å². The molecule has 6 heteroatoms. The predicted octanol–water partition coefficient (Wildman–Crippen LogP) is 4.40. The van der Waals surface area contributed by atoms with Crippen molar-refractivity contribution in [3.05, 3.63) is 69.2 Å². The van der Waals surface area contributed by atoms with Gasteiger partial charge in [-0.25, -0.2) is 0 Å². The number of nitrogens with zero attached hydrogens (tertiary/aromatic N) is 1. The summed E-state index contributed by atoms with van der Waals surface area (Å²) in [5.41, 5.74) is 2.63. The Morgan fingerprint density at radius 2 is 1.74 bits per heavy atom. The molecule has 2 aromatic carbocycles. The highest BCUT2D eigenvalue weighted by molar-refractivity contribution is 6.36. The number of amides is 2. The van der Waals surface area contributed by atoms with E-state index in [9.17, 15) is 9.59 Å². The molecule has 0 radical (unpaired) electrons. The van der Waals surface area contributed by atoms with Gasteiger partial charge in [0.15, 0.2) is 0 Å². The molecule has 1 N–H and O–H groups in total. The van der Waals surface area contributed by atoms with Crippen molar-refractivity contribution >= 4 is 35.0 Å². The van der Waals surface area contributed by atoms with Gasteiger partial charge in [0.2, 0.25) is 11.8 Å². The van der Waals surface area contributed by atoms with E-state index in [1.807, 2.05) is 38.1 Å². The van der Waals surface area contributed by atoms with E-state index >= 15 is 0 Å². The van der Waals surface area contributed by atoms with Crippen molar-refractivity contribution in [3.8, 4) is 0 Å². The lowest BCUT2D eigenvalue weighted by molar-refractivity contribution is -0.140. The molecular weight excluding hydrogens is 383 g/mol. The van der Waals surface area contributed by atoms with E-state index in [1.54, 1.807) is 30.1 Å². The molecule has 1 unspecified atom stereocenters. The SMILES string of the molecule is CCC(C(=O)NC)N(Cc1c(Cl)cccc1Cl)C(=O)Cc1cccc(C)c1. The largest absolute Gasteiger partial charge is 0.357 e. The van der Waals surface area contributed by atoms with Crippen LogP contribution in [0.3, 0.4) is 0 Å². The fraction of sp³-hybridized carbons (Fsp3) is 0.333. The first-order valence-corrected chi connectivity index (χ1v) is 9.62. The zero-order chi connectivity index (χ0) is 20.0. The zero-order valence-electron chi connectivity index (χ0n) is 15.8. The number of nitrogens with one attached hydrogen (secondary N) is 1. The maximum absolute atomic E-state index is 13.1. The van der Waals surface area contributed by atoms with Gasteiger partial charge >= 0.3 is 0 Å². The predicted molar refractivity (Wildman–Crippen MR) is 110 cm³/mol. The molecule has 4 nitrogen and oxygen atoms in total. The number of rotatable bonds is 7. The van der Waals surface area contributed by atoms with Gasteiger partial charge in [0, 0.05) is 29.2 Å². The average molecular weight is 407 g/mol. The highest BCUT2D eigenvalue weighted by Gasteiger charge is 2.29. The van der Waals surface area contributed by atoms with Gasteiger partial charge < -0.3 is 10.2 Å². The normalized spacial score (nSPS) is 11.7. The summed E-state index contributed by atoms with van der Waals surface area (Å²) in [6.45, 7) is 4.03. The molecule has 2 amide bonds. The summed E-state index contributed by atoms with van der Waals surface area (Å²) in [6.07, 6.45) is 0.693. The number of aryl methyl sites for hydroxylation is 1. The summed E-state index contributed by atoms with van der Waals surface area (Å²) < 4.78 is 0. The van der Waals surface area contributed by atoms with Crippen LogP contribution in [0.5, 0.6) is 0 Å². The first-order valence-electron chi connectivity index (χ1n) is 8.86. The molecule has 0 saturated carbocycles. The fourth-order valence-electron chi connectivity index (χ4n) is 3.04. The van der Waals surface area contributed by atoms with Crippen molar-refractivity contribution in [2.24, 2.45) is 0 Å². The molecule has 0 aliphatic rings. The molecule has 0 heterocycles. The van der Waals surface area contributed by atoms with Gasteiger partial charge in [-0.3, -0.25) is 9.59 Å². The van der Waals surface area contributed by atoms with Crippen molar-refractivity contribution in [1.29, 1.82) is 0 Å². The molecule has 0 aromatic heterocycles. The maximum atomic E-state index is 13.1. The minimum atomic E-state index is -0.598. The Hall–Kier alpha value is -2.04. The lowest BCUT2D eigenvalue weighted by atomic mass is 10.1. The third-order valence-corrected chi connectivity index (χ3v) is 5.17. The highest BCUT2D eigenvalue weighted by atomic mass is 35.5. The van der Waals surface area contributed by atoms with Gasteiger partial charge in [0.05, 0.1) is 6.42 Å². The van der Waals surface area contributed by atoms with Crippen LogP contribution < -0.4 is 5.32 Å². The second-order valence-corrected chi connectivity index (χ2v) is 7.24. The summed E-state index contributed by atoms with van der Waals surface area (Å²) in [6, 6.07) is 12.4. The Kier molecular flexibility index (Phi) is 7.69. The third-order valence-electron chi connectivity index (χ3n) is 4.46. The van der Waals surface area contributed by atoms with Crippen LogP contribution in [0.4, 0.5) is 0 Å². The molecule has 0 saturated heterocycles. The highest BCUT2D eigenvalue weighted by Crippen LogP contribution is 2.27. The second kappa shape index (κ2) is 9.77. The first-order chi connectivity index (χ1) is 12.9. The topological polar surface area (TPSA) is 49.4 Å². The Labute approximate surface area is 170 Å². The Morgan fingerprint density at radius 1 is 1.11 bits per heavy atom. The minimum Gasteiger partial charge on any atom is -0.357 e. The number of carbonyl (C=O) groups is 2. The summed E-state index contributed by atoms with van der Waals surface area (Å²) >= 11 is 12.6. The summed E-state index contributed by atoms with van der Waals surface area (Å²) in [4.78, 5) is 27.1. The maximum Gasteiger partial charge on any atom is 0.242 e. The molecule has 0 aliphatic carbocycles. The van der Waals surface area contributed by atoms with E-state index < -0.39 is 6.04 Å². The quantitative estimate of drug-likeness (QED) is 0.740. The van der Waals surface area contributed by atoms with Crippen molar-refractivity contribution in [3.63, 3.8) is 0 Å². The van der Waals surface area contributed by atoms with Crippen LogP contribution in [0.25, 0.3) is 0 Å². The lowest BCUT2D eigenvalue weighted by Gasteiger charge is -2.31. The van der Waals surface area contributed by atoms with E-state index in [2.05, 4.69) is 5.32 Å². The standard InChI is InChI=1S/C21H24Cl2N2O2/c1-4-19(21(27)24-3)25(13-16-17(22)9-6-10-18(16)23)20(26)12-15-8-5-7-14(2)11-15/h5-11,19H,4,12-13H2,1-3H3,(H,24,27). The van der Waals surface area contributed by atoms with E-state index in [0.717, 1.165) is 11.1 Å². The van der Waals surface area contributed by atoms with Crippen LogP contribution in [0, 0.1) is 6.92 Å². The number of hydrogen-bond donors (Lipinski definition) is 1. The van der Waals surface area contributed by atoms with Crippen molar-refractivity contribution in [2.45, 2.75) is 39.3 Å². The average Bonchev–Trinajstić information content (AvgIpc) is 2.63. The summed E-state index contributed by atoms with van der Waals surface area (Å²) in [5, 5.41) is 3.59. The fourth-order valence-corrected chi connectivity index (χ4v) is 3.56. The van der Waals surface area contributed by atoms with Crippen molar-refractivity contribution < 1.29 is 9.59 Å². The molecule has 144 valence electrons. The van der Waals surface area contributed by atoms with Crippen LogP contribution in [-0.2, 0) is 22.6 Å². The molecule has 2 rings (SSSR count). The smallest absolute Gasteiger partial charge is 0.242 e. The van der Waals surface area contributed by atoms with E-state index in [4.69, 9.17) is 23.2 Å². The van der Waals surface area contributed by atoms with Gasteiger partial charge in [-0.15, -0.1) is 0 Å². The van der Waals surface area contributed by atoms with E-state index in [0.29, 0.717) is 22.0 Å². The summed E-state index contributed by atoms with van der Waals surface area (Å²) in [7, 11) is 1.57. The van der Waals surface area contributed by atoms with Crippen LogP contribution in [0.2, 0.25) is 10.0 Å². The second-order valence-electron chi connectivity index (χ2n) is 6.43. The van der Waals surface area contributed by atoms with Crippen LogP contribution >= 0.6 is 23.2 Å². The third kappa shape index (κ3) is 5.47. The van der Waals surface area contributed by atoms with Gasteiger partial charge in [-0.1, -0.05) is 66.0 Å². The molecule has 1 atom stereocenters. The minimum absolute atomic E-state index is 0.146. The molecule has 0 bridgehead atoms. The van der Waals surface area contributed by atoms with E-state index in [-0.39, 0.29) is 24.8 Å². The van der Waals surface area contributed by atoms with Gasteiger partial charge in [-0.2, -0.15) is 0 Å². The van der Waals surface area contributed by atoms with E-state index in [1.165, 1.54) is 0 Å². The van der Waals surface area contributed by atoms with Crippen molar-refractivity contribution in [1.82, 2.24) is 10.2 Å². The van der Waals surface area contributed by atoms with Gasteiger partial charge in [-0.05, 0) is 31.0 Å². The Morgan fingerprint density at radius 3 is 2.30 bits per heavy atom.